The van der Waals surface area contributed by atoms with E-state index in [2.05, 4.69) is 67.8 Å². The molecule has 0 atom stereocenters. The van der Waals surface area contributed by atoms with Crippen molar-refractivity contribution < 1.29 is 13.4 Å². The minimum absolute atomic E-state index is 0.253. The fourth-order valence-corrected chi connectivity index (χ4v) is 6.00. The van der Waals surface area contributed by atoms with Gasteiger partial charge >= 0.3 is 0 Å². The summed E-state index contributed by atoms with van der Waals surface area (Å²) < 4.78 is 24.0. The Kier molecular flexibility index (Phi) is 5.48. The van der Waals surface area contributed by atoms with Crippen LogP contribution in [0.4, 0.5) is 4.39 Å². The van der Waals surface area contributed by atoms with Gasteiger partial charge in [-0.2, -0.15) is 0 Å². The monoisotopic (exact) mass is 478 g/mol. The van der Waals surface area contributed by atoms with Crippen LogP contribution in [0, 0.1) is 18.2 Å². The molecule has 2 nitrogen and oxygen atoms in total. The maximum absolute atomic E-state index is 15.4. The molecule has 0 bridgehead atoms. The lowest BCUT2D eigenvalue weighted by Crippen LogP contribution is -2.30. The predicted molar refractivity (Wildman–Crippen MR) is 145 cm³/mol. The van der Waals surface area contributed by atoms with Gasteiger partial charge in [0.05, 0.1) is 11.1 Å². The number of nitrogens with zero attached hydrogens (tertiary/aromatic N) is 1. The van der Waals surface area contributed by atoms with E-state index in [0.717, 1.165) is 38.7 Å². The summed E-state index contributed by atoms with van der Waals surface area (Å²) in [5, 5.41) is 1.96. The summed E-state index contributed by atoms with van der Waals surface area (Å²) in [7, 11) is 2.04. The Labute approximate surface area is 212 Å². The number of furan rings is 1. The van der Waals surface area contributed by atoms with Gasteiger partial charge in [-0.15, -0.1) is 0 Å². The van der Waals surface area contributed by atoms with Gasteiger partial charge in [-0.3, -0.25) is 0 Å². The van der Waals surface area contributed by atoms with Crippen LogP contribution >= 0.6 is 0 Å². The van der Waals surface area contributed by atoms with Crippen molar-refractivity contribution in [3.8, 4) is 22.4 Å². The molecule has 3 aromatic carbocycles. The summed E-state index contributed by atoms with van der Waals surface area (Å²) in [4.78, 5) is 0. The molecule has 0 aliphatic heterocycles. The van der Waals surface area contributed by atoms with Crippen LogP contribution in [0.2, 0.25) is 0 Å². The number of halogens is 1. The van der Waals surface area contributed by atoms with Crippen LogP contribution in [0.3, 0.4) is 0 Å². The van der Waals surface area contributed by atoms with Gasteiger partial charge in [0.15, 0.2) is 6.20 Å². The molecule has 0 unspecified atom stereocenters. The molecule has 1 fully saturated rings. The Morgan fingerprint density at radius 1 is 0.833 bits per heavy atom. The molecule has 36 heavy (non-hydrogen) atoms. The molecular weight excluding hydrogens is 445 g/mol. The van der Waals surface area contributed by atoms with E-state index in [9.17, 15) is 0 Å². The number of aromatic nitrogens is 1. The Morgan fingerprint density at radius 2 is 1.50 bits per heavy atom. The molecule has 1 aliphatic carbocycles. The summed E-state index contributed by atoms with van der Waals surface area (Å²) >= 11 is 0. The summed E-state index contributed by atoms with van der Waals surface area (Å²) in [5.74, 6) is 0.341. The number of hydrogen-bond donors (Lipinski definition) is 0. The van der Waals surface area contributed by atoms with Crippen LogP contribution in [0.15, 0.2) is 77.3 Å². The minimum atomic E-state index is -0.253. The first kappa shape index (κ1) is 23.0. The second kappa shape index (κ2) is 8.58. The maximum atomic E-state index is 15.4. The van der Waals surface area contributed by atoms with E-state index in [0.29, 0.717) is 22.5 Å². The molecule has 1 saturated carbocycles. The van der Waals surface area contributed by atoms with Crippen molar-refractivity contribution in [2.75, 3.05) is 0 Å². The maximum Gasteiger partial charge on any atom is 0.216 e. The SMILES string of the molecule is Cc1ccc2c(oc3c(-c4ccc(C5CCC(C)(C)CC5)cc4)c(F)ccc32)c1-c1cccc[n+]1C. The van der Waals surface area contributed by atoms with Gasteiger partial charge in [0, 0.05) is 22.9 Å². The van der Waals surface area contributed by atoms with Gasteiger partial charge in [-0.25, -0.2) is 8.96 Å². The molecule has 0 N–H and O–H groups in total. The van der Waals surface area contributed by atoms with E-state index >= 15 is 4.39 Å². The van der Waals surface area contributed by atoms with Crippen LogP contribution in [0.25, 0.3) is 44.3 Å². The lowest BCUT2D eigenvalue weighted by Gasteiger charge is -2.34. The van der Waals surface area contributed by atoms with Gasteiger partial charge in [-0.1, -0.05) is 50.2 Å². The third-order valence-electron chi connectivity index (χ3n) is 8.29. The number of rotatable bonds is 3. The van der Waals surface area contributed by atoms with Crippen molar-refractivity contribution >= 4 is 21.9 Å². The lowest BCUT2D eigenvalue weighted by atomic mass is 9.71. The average Bonchev–Trinajstić information content (AvgIpc) is 3.23. The van der Waals surface area contributed by atoms with E-state index < -0.39 is 0 Å². The Bertz CT molecular complexity index is 1580. The zero-order valence-corrected chi connectivity index (χ0v) is 21.6. The quantitative estimate of drug-likeness (QED) is 0.237. The average molecular weight is 479 g/mol. The highest BCUT2D eigenvalue weighted by atomic mass is 19.1. The second-order valence-electron chi connectivity index (χ2n) is 11.3. The van der Waals surface area contributed by atoms with Crippen LogP contribution in [0.5, 0.6) is 0 Å². The van der Waals surface area contributed by atoms with Crippen molar-refractivity contribution in [1.29, 1.82) is 0 Å². The first-order valence-electron chi connectivity index (χ1n) is 13.0. The third kappa shape index (κ3) is 3.82. The highest BCUT2D eigenvalue weighted by Crippen LogP contribution is 2.44. The molecule has 3 heteroatoms. The highest BCUT2D eigenvalue weighted by molar-refractivity contribution is 6.13. The van der Waals surface area contributed by atoms with Crippen LogP contribution < -0.4 is 4.57 Å². The summed E-state index contributed by atoms with van der Waals surface area (Å²) in [5.41, 5.74) is 7.89. The molecule has 1 aliphatic rings. The zero-order valence-electron chi connectivity index (χ0n) is 21.6. The molecule has 5 aromatic rings. The van der Waals surface area contributed by atoms with Crippen molar-refractivity contribution in [3.05, 3.63) is 89.9 Å². The van der Waals surface area contributed by atoms with Gasteiger partial charge in [0.2, 0.25) is 5.69 Å². The van der Waals surface area contributed by atoms with Crippen LogP contribution in [-0.4, -0.2) is 0 Å². The molecule has 0 radical (unpaired) electrons. The fourth-order valence-electron chi connectivity index (χ4n) is 6.00. The molecule has 6 rings (SSSR count). The van der Waals surface area contributed by atoms with Crippen LogP contribution in [0.1, 0.15) is 56.6 Å². The predicted octanol–water partition coefficient (Wildman–Crippen LogP) is 8.88. The Balaban J connectivity index is 1.48. The molecule has 2 heterocycles. The highest BCUT2D eigenvalue weighted by Gasteiger charge is 2.28. The topological polar surface area (TPSA) is 17.0 Å². The van der Waals surface area contributed by atoms with E-state index in [-0.39, 0.29) is 5.82 Å². The summed E-state index contributed by atoms with van der Waals surface area (Å²) in [6.45, 7) is 6.84. The Hall–Kier alpha value is -3.46. The van der Waals surface area contributed by atoms with Crippen molar-refractivity contribution in [3.63, 3.8) is 0 Å². The van der Waals surface area contributed by atoms with Crippen molar-refractivity contribution in [2.45, 2.75) is 52.4 Å². The molecule has 2 aromatic heterocycles. The van der Waals surface area contributed by atoms with E-state index in [1.165, 1.54) is 31.2 Å². The fraction of sp³-hybridized carbons (Fsp3) is 0.303. The van der Waals surface area contributed by atoms with Crippen molar-refractivity contribution in [1.82, 2.24) is 0 Å². The number of hydrogen-bond acceptors (Lipinski definition) is 1. The molecule has 0 spiro atoms. The smallest absolute Gasteiger partial charge is 0.216 e. The van der Waals surface area contributed by atoms with Gasteiger partial charge in [0.1, 0.15) is 24.0 Å². The first-order chi connectivity index (χ1) is 17.3. The Morgan fingerprint density at radius 3 is 2.19 bits per heavy atom. The molecule has 0 saturated heterocycles. The van der Waals surface area contributed by atoms with E-state index in [1.54, 1.807) is 6.07 Å². The van der Waals surface area contributed by atoms with Gasteiger partial charge in [0.25, 0.3) is 0 Å². The van der Waals surface area contributed by atoms with Crippen LogP contribution in [-0.2, 0) is 7.05 Å². The van der Waals surface area contributed by atoms with E-state index in [4.69, 9.17) is 4.42 Å². The number of benzene rings is 3. The standard InChI is InChI=1S/C33H33FNO/c1-21-8-13-25-26-14-15-27(34)30(32(26)36-31(25)29(21)28-7-5-6-20-35(28)4)24-11-9-22(10-12-24)23-16-18-33(2,3)19-17-23/h5-15,20,23H,16-19H2,1-4H3/q+1. The molecule has 182 valence electrons. The number of aryl methyl sites for hydroxylation is 2. The molecular formula is C33H33FNO+. The molecule has 0 amide bonds. The van der Waals surface area contributed by atoms with Gasteiger partial charge in [-0.05, 0) is 78.8 Å². The number of pyridine rings is 1. The lowest BCUT2D eigenvalue weighted by molar-refractivity contribution is -0.660. The second-order valence-corrected chi connectivity index (χ2v) is 11.3. The zero-order chi connectivity index (χ0) is 25.0. The largest absolute Gasteiger partial charge is 0.454 e. The summed E-state index contributed by atoms with van der Waals surface area (Å²) in [6, 6.07) is 22.3. The minimum Gasteiger partial charge on any atom is -0.454 e. The van der Waals surface area contributed by atoms with E-state index in [1.807, 2.05) is 31.4 Å². The normalized spacial score (nSPS) is 16.1. The van der Waals surface area contributed by atoms with Crippen molar-refractivity contribution in [2.24, 2.45) is 12.5 Å². The number of fused-ring (bicyclic) bond motifs is 3. The third-order valence-corrected chi connectivity index (χ3v) is 8.29. The summed E-state index contributed by atoms with van der Waals surface area (Å²) in [6.07, 6.45) is 6.99. The van der Waals surface area contributed by atoms with Gasteiger partial charge < -0.3 is 4.42 Å². The first-order valence-corrected chi connectivity index (χ1v) is 13.0.